The van der Waals surface area contributed by atoms with Crippen LogP contribution in [0.15, 0.2) is 18.2 Å². The van der Waals surface area contributed by atoms with E-state index in [0.29, 0.717) is 0 Å². The first-order valence-electron chi connectivity index (χ1n) is 5.14. The van der Waals surface area contributed by atoms with Crippen molar-refractivity contribution in [2.75, 3.05) is 18.5 Å². The lowest BCUT2D eigenvalue weighted by atomic mass is 10.1. The first-order chi connectivity index (χ1) is 8.91. The van der Waals surface area contributed by atoms with Gasteiger partial charge in [-0.15, -0.1) is 0 Å². The summed E-state index contributed by atoms with van der Waals surface area (Å²) >= 11 is 0. The Balaban J connectivity index is 2.76. The predicted octanol–water partition coefficient (Wildman–Crippen LogP) is 2.04. The zero-order valence-electron chi connectivity index (χ0n) is 9.64. The van der Waals surface area contributed by atoms with Gasteiger partial charge in [0.25, 0.3) is 12.1 Å². The second-order valence-electron chi connectivity index (χ2n) is 3.42. The molecule has 0 bridgehead atoms. The molecule has 0 radical (unpaired) electrons. The Hall–Kier alpha value is -2.45. The predicted molar refractivity (Wildman–Crippen MR) is 62.1 cm³/mol. The van der Waals surface area contributed by atoms with E-state index in [2.05, 4.69) is 10.1 Å². The zero-order chi connectivity index (χ0) is 14.4. The van der Waals surface area contributed by atoms with E-state index in [1.165, 1.54) is 6.07 Å². The average Bonchev–Trinajstić information content (AvgIpc) is 2.34. The number of nitrogens with zero attached hydrogens (tertiary/aromatic N) is 1. The molecular weight excluding hydrogens is 264 g/mol. The highest BCUT2D eigenvalue weighted by atomic mass is 19.3. The van der Waals surface area contributed by atoms with Crippen molar-refractivity contribution in [2.24, 2.45) is 5.73 Å². The molecule has 1 amide bonds. The third-order valence-corrected chi connectivity index (χ3v) is 2.14. The molecule has 0 aliphatic rings. The van der Waals surface area contributed by atoms with Crippen LogP contribution in [0.25, 0.3) is 0 Å². The fourth-order valence-corrected chi connectivity index (χ4v) is 1.34. The summed E-state index contributed by atoms with van der Waals surface area (Å²) in [6, 6.07) is 3.06. The Morgan fingerprint density at radius 2 is 2.21 bits per heavy atom. The van der Waals surface area contributed by atoms with Crippen LogP contribution < -0.4 is 11.1 Å². The van der Waals surface area contributed by atoms with Gasteiger partial charge in [0.15, 0.2) is 0 Å². The molecule has 0 atom stereocenters. The summed E-state index contributed by atoms with van der Waals surface area (Å²) in [5, 5.41) is 13.1. The van der Waals surface area contributed by atoms with Crippen molar-refractivity contribution < 1.29 is 23.2 Å². The second kappa shape index (κ2) is 6.47. The van der Waals surface area contributed by atoms with Gasteiger partial charge in [-0.1, -0.05) is 0 Å². The Morgan fingerprint density at radius 3 is 2.74 bits per heavy atom. The maximum absolute atomic E-state index is 12.7. The fourth-order valence-electron chi connectivity index (χ4n) is 1.34. The van der Waals surface area contributed by atoms with Crippen LogP contribution in [0.4, 0.5) is 25.0 Å². The SMILES string of the molecule is NC(=O)OCCNc1ccc([N+](=O)[O-])cc1C(F)F. The highest BCUT2D eigenvalue weighted by Crippen LogP contribution is 2.30. The van der Waals surface area contributed by atoms with E-state index < -0.39 is 28.7 Å². The number of benzene rings is 1. The summed E-state index contributed by atoms with van der Waals surface area (Å²) in [6.45, 7) is -0.0462. The molecule has 104 valence electrons. The Labute approximate surface area is 106 Å². The molecule has 3 N–H and O–H groups in total. The minimum Gasteiger partial charge on any atom is -0.448 e. The number of alkyl halides is 2. The van der Waals surface area contributed by atoms with E-state index in [9.17, 15) is 23.7 Å². The van der Waals surface area contributed by atoms with Crippen molar-refractivity contribution in [3.63, 3.8) is 0 Å². The van der Waals surface area contributed by atoms with E-state index in [-0.39, 0.29) is 18.8 Å². The van der Waals surface area contributed by atoms with Crippen LogP contribution in [0.5, 0.6) is 0 Å². The summed E-state index contributed by atoms with van der Waals surface area (Å²) in [5.74, 6) is 0. The molecule has 0 aromatic heterocycles. The number of ether oxygens (including phenoxy) is 1. The summed E-state index contributed by atoms with van der Waals surface area (Å²) in [7, 11) is 0. The summed E-state index contributed by atoms with van der Waals surface area (Å²) < 4.78 is 29.9. The molecule has 0 spiro atoms. The normalized spacial score (nSPS) is 10.3. The number of anilines is 1. The van der Waals surface area contributed by atoms with Crippen LogP contribution in [0, 0.1) is 10.1 Å². The molecule has 0 aliphatic carbocycles. The van der Waals surface area contributed by atoms with Crippen molar-refractivity contribution in [1.82, 2.24) is 0 Å². The summed E-state index contributed by atoms with van der Waals surface area (Å²) in [6.07, 6.45) is -3.83. The van der Waals surface area contributed by atoms with E-state index in [1.807, 2.05) is 0 Å². The summed E-state index contributed by atoms with van der Waals surface area (Å²) in [5.41, 5.74) is 3.84. The highest BCUT2D eigenvalue weighted by Gasteiger charge is 2.17. The Kier molecular flexibility index (Phi) is 4.98. The number of rotatable bonds is 6. The Bertz CT molecular complexity index is 482. The molecule has 7 nitrogen and oxygen atoms in total. The first kappa shape index (κ1) is 14.6. The quantitative estimate of drug-likeness (QED) is 0.469. The van der Waals surface area contributed by atoms with E-state index >= 15 is 0 Å². The van der Waals surface area contributed by atoms with Gasteiger partial charge in [-0.25, -0.2) is 13.6 Å². The monoisotopic (exact) mass is 275 g/mol. The van der Waals surface area contributed by atoms with Crippen molar-refractivity contribution in [1.29, 1.82) is 0 Å². The molecule has 0 heterocycles. The number of nitro benzene ring substituents is 1. The van der Waals surface area contributed by atoms with Crippen LogP contribution in [-0.4, -0.2) is 24.2 Å². The number of hydrogen-bond acceptors (Lipinski definition) is 5. The molecule has 0 saturated carbocycles. The first-order valence-corrected chi connectivity index (χ1v) is 5.14. The second-order valence-corrected chi connectivity index (χ2v) is 3.42. The minimum atomic E-state index is -2.86. The van der Waals surface area contributed by atoms with Gasteiger partial charge in [-0.05, 0) is 6.07 Å². The molecule has 0 aliphatic heterocycles. The molecule has 19 heavy (non-hydrogen) atoms. The largest absolute Gasteiger partial charge is 0.448 e. The fraction of sp³-hybridized carbons (Fsp3) is 0.300. The van der Waals surface area contributed by atoms with Crippen LogP contribution in [0.1, 0.15) is 12.0 Å². The lowest BCUT2D eigenvalue weighted by molar-refractivity contribution is -0.385. The number of carbonyl (C=O) groups is 1. The number of non-ortho nitro benzene ring substituents is 1. The molecule has 0 saturated heterocycles. The van der Waals surface area contributed by atoms with Crippen molar-refractivity contribution in [3.05, 3.63) is 33.9 Å². The van der Waals surface area contributed by atoms with Crippen LogP contribution in [-0.2, 0) is 4.74 Å². The van der Waals surface area contributed by atoms with Gasteiger partial charge < -0.3 is 15.8 Å². The summed E-state index contributed by atoms with van der Waals surface area (Å²) in [4.78, 5) is 20.0. The van der Waals surface area contributed by atoms with Gasteiger partial charge in [-0.3, -0.25) is 10.1 Å². The third kappa shape index (κ3) is 4.37. The third-order valence-electron chi connectivity index (χ3n) is 2.14. The smallest absolute Gasteiger partial charge is 0.404 e. The minimum absolute atomic E-state index is 0.0358. The topological polar surface area (TPSA) is 107 Å². The van der Waals surface area contributed by atoms with Crippen LogP contribution in [0.3, 0.4) is 0 Å². The number of nitrogens with one attached hydrogen (secondary N) is 1. The van der Waals surface area contributed by atoms with Gasteiger partial charge in [0.2, 0.25) is 0 Å². The van der Waals surface area contributed by atoms with E-state index in [4.69, 9.17) is 5.73 Å². The molecule has 1 aromatic rings. The average molecular weight is 275 g/mol. The molecule has 0 unspecified atom stereocenters. The van der Waals surface area contributed by atoms with Crippen molar-refractivity contribution in [3.8, 4) is 0 Å². The lowest BCUT2D eigenvalue weighted by Gasteiger charge is -2.11. The number of nitro groups is 1. The molecule has 0 fully saturated rings. The zero-order valence-corrected chi connectivity index (χ0v) is 9.64. The molecule has 1 rings (SSSR count). The number of hydrogen-bond donors (Lipinski definition) is 2. The van der Waals surface area contributed by atoms with Crippen LogP contribution >= 0.6 is 0 Å². The molecule has 9 heteroatoms. The highest BCUT2D eigenvalue weighted by molar-refractivity contribution is 5.64. The maximum atomic E-state index is 12.7. The van der Waals surface area contributed by atoms with Gasteiger partial charge >= 0.3 is 6.09 Å². The van der Waals surface area contributed by atoms with Gasteiger partial charge in [0.05, 0.1) is 4.92 Å². The number of halogens is 2. The van der Waals surface area contributed by atoms with Gasteiger partial charge in [-0.2, -0.15) is 0 Å². The van der Waals surface area contributed by atoms with Gasteiger partial charge in [0, 0.05) is 29.9 Å². The maximum Gasteiger partial charge on any atom is 0.404 e. The molecule has 1 aromatic carbocycles. The number of nitrogens with two attached hydrogens (primary N) is 1. The van der Waals surface area contributed by atoms with E-state index in [1.54, 1.807) is 0 Å². The molecular formula is C10H11F2N3O4. The van der Waals surface area contributed by atoms with Crippen molar-refractivity contribution in [2.45, 2.75) is 6.43 Å². The Morgan fingerprint density at radius 1 is 1.53 bits per heavy atom. The number of primary amides is 1. The van der Waals surface area contributed by atoms with Gasteiger partial charge in [0.1, 0.15) is 6.61 Å². The lowest BCUT2D eigenvalue weighted by Crippen LogP contribution is -2.18. The van der Waals surface area contributed by atoms with Crippen molar-refractivity contribution >= 4 is 17.5 Å². The van der Waals surface area contributed by atoms with E-state index in [0.717, 1.165) is 12.1 Å². The number of amides is 1. The van der Waals surface area contributed by atoms with Crippen LogP contribution in [0.2, 0.25) is 0 Å². The standard InChI is InChI=1S/C10H11F2N3O4/c11-9(12)7-5-6(15(17)18)1-2-8(7)14-3-4-19-10(13)16/h1-2,5,9,14H,3-4H2,(H2,13,16). The number of carbonyl (C=O) groups excluding carboxylic acids is 1.